The third kappa shape index (κ3) is 3.17. The minimum Gasteiger partial charge on any atom is -0.370 e. The van der Waals surface area contributed by atoms with Gasteiger partial charge in [-0.1, -0.05) is 27.2 Å². The van der Waals surface area contributed by atoms with Crippen LogP contribution in [0.2, 0.25) is 0 Å². The number of nitrogens with zero attached hydrogens (tertiary/aromatic N) is 2. The van der Waals surface area contributed by atoms with E-state index in [1.54, 1.807) is 0 Å². The molecule has 3 nitrogen and oxygen atoms in total. The Bertz CT molecular complexity index is 445. The number of hydrogen-bond acceptors (Lipinski definition) is 3. The van der Waals surface area contributed by atoms with Crippen molar-refractivity contribution in [1.29, 1.82) is 0 Å². The van der Waals surface area contributed by atoms with Crippen LogP contribution in [0.4, 0.5) is 0 Å². The molecule has 2 heterocycles. The van der Waals surface area contributed by atoms with Gasteiger partial charge < -0.3 is 4.74 Å². The first kappa shape index (κ1) is 18.7. The molecule has 1 aliphatic carbocycles. The summed E-state index contributed by atoms with van der Waals surface area (Å²) in [6.45, 7) is 18.9. The molecule has 140 valence electrons. The van der Waals surface area contributed by atoms with E-state index in [4.69, 9.17) is 4.74 Å². The molecule has 0 aromatic carbocycles. The van der Waals surface area contributed by atoms with Gasteiger partial charge in [-0.25, -0.2) is 0 Å². The van der Waals surface area contributed by atoms with E-state index < -0.39 is 0 Å². The Morgan fingerprint density at radius 3 is 2.25 bits per heavy atom. The quantitative estimate of drug-likeness (QED) is 0.689. The minimum absolute atomic E-state index is 0.0225. The Balaban J connectivity index is 1.73. The molecular formula is C21H40N2O. The molecule has 1 spiro atoms. The molecule has 2 aliphatic heterocycles. The fourth-order valence-electron chi connectivity index (χ4n) is 5.20. The summed E-state index contributed by atoms with van der Waals surface area (Å²) < 4.78 is 6.65. The Hall–Kier alpha value is -0.120. The van der Waals surface area contributed by atoms with Crippen LogP contribution in [0.15, 0.2) is 0 Å². The standard InChI is InChI=1S/C21H40N2O/c1-7-10-20(6,9-3)23-14-13-22-16-18(24-19(4,5)8-2)21(11-12-21)17(22)15-23/h17-18H,7-16H2,1-6H3. The Kier molecular flexibility index (Phi) is 5.10. The van der Waals surface area contributed by atoms with Gasteiger partial charge in [-0.05, 0) is 52.9 Å². The van der Waals surface area contributed by atoms with Crippen LogP contribution in [-0.2, 0) is 4.74 Å². The molecule has 3 heteroatoms. The van der Waals surface area contributed by atoms with Gasteiger partial charge in [-0.2, -0.15) is 0 Å². The molecule has 0 radical (unpaired) electrons. The summed E-state index contributed by atoms with van der Waals surface area (Å²) in [4.78, 5) is 5.59. The van der Waals surface area contributed by atoms with Crippen LogP contribution in [-0.4, -0.2) is 59.3 Å². The molecule has 24 heavy (non-hydrogen) atoms. The van der Waals surface area contributed by atoms with Crippen LogP contribution in [0.25, 0.3) is 0 Å². The highest BCUT2D eigenvalue weighted by molar-refractivity contribution is 5.16. The van der Waals surface area contributed by atoms with Crippen LogP contribution < -0.4 is 0 Å². The number of hydrogen-bond donors (Lipinski definition) is 0. The third-order valence-corrected chi connectivity index (χ3v) is 7.65. The number of rotatable bonds is 7. The summed E-state index contributed by atoms with van der Waals surface area (Å²) >= 11 is 0. The second-order valence-corrected chi connectivity index (χ2v) is 9.51. The van der Waals surface area contributed by atoms with Gasteiger partial charge in [0, 0.05) is 43.2 Å². The summed E-state index contributed by atoms with van der Waals surface area (Å²) in [5, 5.41) is 0. The maximum absolute atomic E-state index is 6.65. The molecule has 3 rings (SSSR count). The minimum atomic E-state index is 0.0225. The van der Waals surface area contributed by atoms with Crippen molar-refractivity contribution in [3.8, 4) is 0 Å². The summed E-state index contributed by atoms with van der Waals surface area (Å²) in [5.74, 6) is 0. The Labute approximate surface area is 150 Å². The Morgan fingerprint density at radius 2 is 1.71 bits per heavy atom. The van der Waals surface area contributed by atoms with Crippen molar-refractivity contribution in [3.05, 3.63) is 0 Å². The Morgan fingerprint density at radius 1 is 1.00 bits per heavy atom. The van der Waals surface area contributed by atoms with E-state index in [9.17, 15) is 0 Å². The van der Waals surface area contributed by atoms with E-state index in [1.165, 1.54) is 58.3 Å². The monoisotopic (exact) mass is 336 g/mol. The van der Waals surface area contributed by atoms with Crippen LogP contribution in [0.3, 0.4) is 0 Å². The molecule has 0 N–H and O–H groups in total. The molecule has 3 fully saturated rings. The average molecular weight is 337 g/mol. The third-order valence-electron chi connectivity index (χ3n) is 7.65. The smallest absolute Gasteiger partial charge is 0.0780 e. The zero-order valence-electron chi connectivity index (χ0n) is 17.0. The lowest BCUT2D eigenvalue weighted by Gasteiger charge is -2.48. The van der Waals surface area contributed by atoms with Crippen LogP contribution >= 0.6 is 0 Å². The number of ether oxygens (including phenoxy) is 1. The predicted octanol–water partition coefficient (Wildman–Crippen LogP) is 4.31. The highest BCUT2D eigenvalue weighted by Crippen LogP contribution is 2.59. The molecule has 0 aromatic heterocycles. The number of fused-ring (bicyclic) bond motifs is 2. The van der Waals surface area contributed by atoms with Crippen molar-refractivity contribution < 1.29 is 4.74 Å². The van der Waals surface area contributed by atoms with Crippen molar-refractivity contribution in [3.63, 3.8) is 0 Å². The van der Waals surface area contributed by atoms with Gasteiger partial charge in [0.2, 0.25) is 0 Å². The normalized spacial score (nSPS) is 32.8. The largest absolute Gasteiger partial charge is 0.370 e. The summed E-state index contributed by atoms with van der Waals surface area (Å²) in [6, 6.07) is 0.728. The first-order valence-corrected chi connectivity index (χ1v) is 10.5. The van der Waals surface area contributed by atoms with Crippen molar-refractivity contribution >= 4 is 0 Å². The van der Waals surface area contributed by atoms with E-state index in [2.05, 4.69) is 51.3 Å². The van der Waals surface area contributed by atoms with E-state index in [0.717, 1.165) is 12.5 Å². The van der Waals surface area contributed by atoms with Crippen molar-refractivity contribution in [2.45, 2.75) is 103 Å². The van der Waals surface area contributed by atoms with E-state index in [0.29, 0.717) is 17.1 Å². The van der Waals surface area contributed by atoms with Crippen molar-refractivity contribution in [2.24, 2.45) is 5.41 Å². The summed E-state index contributed by atoms with van der Waals surface area (Å²) in [6.07, 6.45) is 8.19. The van der Waals surface area contributed by atoms with E-state index in [1.807, 2.05) is 0 Å². The maximum atomic E-state index is 6.65. The first-order valence-electron chi connectivity index (χ1n) is 10.5. The molecular weight excluding hydrogens is 296 g/mol. The van der Waals surface area contributed by atoms with Gasteiger partial charge in [0.15, 0.2) is 0 Å². The van der Waals surface area contributed by atoms with Gasteiger partial charge in [-0.15, -0.1) is 0 Å². The fourth-order valence-corrected chi connectivity index (χ4v) is 5.20. The lowest BCUT2D eigenvalue weighted by atomic mass is 9.86. The maximum Gasteiger partial charge on any atom is 0.0780 e. The molecule has 1 saturated carbocycles. The van der Waals surface area contributed by atoms with Crippen molar-refractivity contribution in [2.75, 3.05) is 26.2 Å². The molecule has 0 amide bonds. The molecule has 3 unspecified atom stereocenters. The molecule has 0 aromatic rings. The zero-order chi connectivity index (χ0) is 17.6. The van der Waals surface area contributed by atoms with E-state index in [-0.39, 0.29) is 5.60 Å². The molecule has 3 aliphatic rings. The zero-order valence-corrected chi connectivity index (χ0v) is 17.0. The lowest BCUT2D eigenvalue weighted by Crippen LogP contribution is -2.59. The predicted molar refractivity (Wildman–Crippen MR) is 101 cm³/mol. The second kappa shape index (κ2) is 6.55. The SMILES string of the molecule is CCCC(C)(CC)N1CCN2CC(OC(C)(C)CC)C3(CC3)C2C1. The van der Waals surface area contributed by atoms with Crippen molar-refractivity contribution in [1.82, 2.24) is 9.80 Å². The second-order valence-electron chi connectivity index (χ2n) is 9.51. The van der Waals surface area contributed by atoms with Gasteiger partial charge in [-0.3, -0.25) is 9.80 Å². The van der Waals surface area contributed by atoms with E-state index >= 15 is 0 Å². The summed E-state index contributed by atoms with van der Waals surface area (Å²) in [5.41, 5.74) is 0.874. The van der Waals surface area contributed by atoms with Gasteiger partial charge in [0.05, 0.1) is 11.7 Å². The summed E-state index contributed by atoms with van der Waals surface area (Å²) in [7, 11) is 0. The molecule has 2 saturated heterocycles. The van der Waals surface area contributed by atoms with Gasteiger partial charge in [0.25, 0.3) is 0 Å². The van der Waals surface area contributed by atoms with Crippen LogP contribution in [0, 0.1) is 5.41 Å². The molecule has 0 bridgehead atoms. The highest BCUT2D eigenvalue weighted by Gasteiger charge is 2.64. The highest BCUT2D eigenvalue weighted by atomic mass is 16.5. The average Bonchev–Trinajstić information content (AvgIpc) is 3.30. The van der Waals surface area contributed by atoms with Gasteiger partial charge in [0.1, 0.15) is 0 Å². The van der Waals surface area contributed by atoms with Crippen LogP contribution in [0.1, 0.15) is 80.1 Å². The topological polar surface area (TPSA) is 15.7 Å². The lowest BCUT2D eigenvalue weighted by molar-refractivity contribution is -0.0907. The number of piperazine rings is 1. The molecule has 3 atom stereocenters. The van der Waals surface area contributed by atoms with Gasteiger partial charge >= 0.3 is 0 Å². The van der Waals surface area contributed by atoms with Crippen LogP contribution in [0.5, 0.6) is 0 Å². The fraction of sp³-hybridized carbons (Fsp3) is 1.00. The first-order chi connectivity index (χ1) is 11.3.